The molecule has 1 aliphatic heterocycles. The Labute approximate surface area is 184 Å². The molecule has 1 aromatic rings. The van der Waals surface area contributed by atoms with Gasteiger partial charge >= 0.3 is 11.8 Å². The molecule has 1 atom stereocenters. The van der Waals surface area contributed by atoms with E-state index in [4.69, 9.17) is 9.47 Å². The van der Waals surface area contributed by atoms with Crippen molar-refractivity contribution in [2.24, 2.45) is 0 Å². The number of halogens is 4. The Morgan fingerprint density at radius 3 is 2.03 bits per heavy atom. The van der Waals surface area contributed by atoms with Crippen molar-refractivity contribution in [1.29, 1.82) is 0 Å². The Balaban J connectivity index is 1.18. The van der Waals surface area contributed by atoms with E-state index in [-0.39, 0.29) is 29.2 Å². The van der Waals surface area contributed by atoms with Gasteiger partial charge in [0.25, 0.3) is 0 Å². The molecule has 7 nitrogen and oxygen atoms in total. The molecule has 4 rings (SSSR count). The summed E-state index contributed by atoms with van der Waals surface area (Å²) in [5, 5.41) is -0.109. The number of ether oxygens (including phenoxy) is 2. The van der Waals surface area contributed by atoms with E-state index in [1.165, 1.54) is 17.3 Å². The third-order valence-corrected chi connectivity index (χ3v) is 7.52. The quantitative estimate of drug-likeness (QED) is 0.578. The molecule has 1 aromatic heterocycles. The maximum absolute atomic E-state index is 13.6. The zero-order valence-corrected chi connectivity index (χ0v) is 18.5. The van der Waals surface area contributed by atoms with Crippen LogP contribution in [-0.2, 0) is 14.6 Å². The molecule has 0 amide bonds. The first kappa shape index (κ1) is 23.6. The molecule has 0 spiro atoms. The van der Waals surface area contributed by atoms with Gasteiger partial charge in [-0.15, -0.1) is 0 Å². The maximum atomic E-state index is 13.6. The van der Waals surface area contributed by atoms with Crippen LogP contribution in [0.4, 0.5) is 17.6 Å². The average Bonchev–Trinajstić information content (AvgIpc) is 2.74. The van der Waals surface area contributed by atoms with Gasteiger partial charge in [-0.3, -0.25) is 4.90 Å². The van der Waals surface area contributed by atoms with E-state index in [9.17, 15) is 26.0 Å². The number of alkyl halides is 4. The van der Waals surface area contributed by atoms with Crippen molar-refractivity contribution in [2.45, 2.75) is 86.2 Å². The first-order valence-corrected chi connectivity index (χ1v) is 12.7. The average molecular weight is 482 g/mol. The van der Waals surface area contributed by atoms with Crippen LogP contribution in [0.3, 0.4) is 0 Å². The summed E-state index contributed by atoms with van der Waals surface area (Å²) in [6, 6.07) is -1.37. The molecule has 2 aliphatic carbocycles. The van der Waals surface area contributed by atoms with Crippen LogP contribution in [0.1, 0.15) is 44.9 Å². The van der Waals surface area contributed by atoms with Crippen molar-refractivity contribution in [3.05, 3.63) is 12.4 Å². The van der Waals surface area contributed by atoms with Crippen LogP contribution in [0.5, 0.6) is 5.88 Å². The number of rotatable bonds is 6. The molecule has 0 aromatic carbocycles. The lowest BCUT2D eigenvalue weighted by molar-refractivity contribution is -0.316. The van der Waals surface area contributed by atoms with Crippen molar-refractivity contribution < 1.29 is 35.5 Å². The number of likely N-dealkylation sites (tertiary alicyclic amines) is 1. The summed E-state index contributed by atoms with van der Waals surface area (Å²) >= 11 is 0. The highest BCUT2D eigenvalue weighted by atomic mass is 32.2. The highest BCUT2D eigenvalue weighted by Gasteiger charge is 2.73. The minimum Gasteiger partial charge on any atom is -0.473 e. The van der Waals surface area contributed by atoms with Gasteiger partial charge in [-0.2, -0.15) is 17.6 Å². The topological polar surface area (TPSA) is 81.6 Å². The number of piperidine rings is 1. The van der Waals surface area contributed by atoms with Crippen molar-refractivity contribution in [2.75, 3.05) is 19.3 Å². The van der Waals surface area contributed by atoms with Gasteiger partial charge < -0.3 is 9.47 Å². The zero-order valence-electron chi connectivity index (χ0n) is 17.7. The predicted octanol–water partition coefficient (Wildman–Crippen LogP) is 3.09. The Hall–Kier alpha value is -1.53. The number of sulfone groups is 1. The highest BCUT2D eigenvalue weighted by Crippen LogP contribution is 2.53. The monoisotopic (exact) mass is 481 g/mol. The SMILES string of the molecule is CS(=O)(=O)c1cnc(OC2CCC(OC3CCN(C4CC(F)(F)C4(F)F)CC3)CC2)cn1. The van der Waals surface area contributed by atoms with E-state index in [0.29, 0.717) is 25.9 Å². The molecule has 2 saturated carbocycles. The minimum absolute atomic E-state index is 0.0413. The van der Waals surface area contributed by atoms with Crippen LogP contribution < -0.4 is 4.74 Å². The largest absolute Gasteiger partial charge is 0.473 e. The van der Waals surface area contributed by atoms with E-state index < -0.39 is 34.1 Å². The molecule has 3 aliphatic rings. The van der Waals surface area contributed by atoms with E-state index >= 15 is 0 Å². The Kier molecular flexibility index (Phi) is 6.40. The molecule has 32 heavy (non-hydrogen) atoms. The summed E-state index contributed by atoms with van der Waals surface area (Å²) in [4.78, 5) is 9.34. The van der Waals surface area contributed by atoms with Gasteiger partial charge in [0.1, 0.15) is 6.10 Å². The number of hydrogen-bond donors (Lipinski definition) is 0. The van der Waals surface area contributed by atoms with Crippen molar-refractivity contribution in [3.8, 4) is 5.88 Å². The minimum atomic E-state index is -3.95. The molecule has 180 valence electrons. The highest BCUT2D eigenvalue weighted by molar-refractivity contribution is 7.90. The maximum Gasteiger partial charge on any atom is 0.325 e. The third-order valence-electron chi connectivity index (χ3n) is 6.55. The molecule has 1 saturated heterocycles. The van der Waals surface area contributed by atoms with Crippen LogP contribution >= 0.6 is 0 Å². The van der Waals surface area contributed by atoms with E-state index in [2.05, 4.69) is 9.97 Å². The van der Waals surface area contributed by atoms with E-state index in [1.807, 2.05) is 0 Å². The standard InChI is InChI=1S/C20H27F4N3O4S/c1-32(28,29)18-12-25-17(11-26-18)31-14-4-2-13(3-5-14)30-15-6-8-27(9-7-15)16-10-19(21,22)20(16,23)24/h11-16H,2-10H2,1H3. The summed E-state index contributed by atoms with van der Waals surface area (Å²) in [5.74, 6) is -7.57. The lowest BCUT2D eigenvalue weighted by atomic mass is 9.81. The molecule has 0 N–H and O–H groups in total. The zero-order chi connectivity index (χ0) is 23.1. The lowest BCUT2D eigenvalue weighted by Crippen LogP contribution is -2.69. The third kappa shape index (κ3) is 4.86. The van der Waals surface area contributed by atoms with E-state index in [0.717, 1.165) is 31.9 Å². The van der Waals surface area contributed by atoms with Crippen molar-refractivity contribution in [3.63, 3.8) is 0 Å². The first-order chi connectivity index (χ1) is 15.0. The van der Waals surface area contributed by atoms with Crippen LogP contribution in [0.25, 0.3) is 0 Å². The van der Waals surface area contributed by atoms with Crippen molar-refractivity contribution in [1.82, 2.24) is 14.9 Å². The molecule has 0 radical (unpaired) electrons. The summed E-state index contributed by atoms with van der Waals surface area (Å²) < 4.78 is 88.3. The number of aromatic nitrogens is 2. The van der Waals surface area contributed by atoms with Crippen molar-refractivity contribution >= 4 is 9.84 Å². The van der Waals surface area contributed by atoms with Gasteiger partial charge in [0, 0.05) is 25.8 Å². The summed E-state index contributed by atoms with van der Waals surface area (Å²) in [6.07, 6.45) is 6.79. The van der Waals surface area contributed by atoms with E-state index in [1.54, 1.807) is 0 Å². The summed E-state index contributed by atoms with van der Waals surface area (Å²) in [6.45, 7) is 0.670. The van der Waals surface area contributed by atoms with Gasteiger partial charge in [-0.1, -0.05) is 0 Å². The van der Waals surface area contributed by atoms with Gasteiger partial charge in [0.15, 0.2) is 14.9 Å². The summed E-state index contributed by atoms with van der Waals surface area (Å²) in [7, 11) is -3.41. The van der Waals surface area contributed by atoms with Crippen LogP contribution in [0.15, 0.2) is 17.4 Å². The van der Waals surface area contributed by atoms with Crippen LogP contribution in [-0.4, -0.2) is 78.8 Å². The molecule has 2 heterocycles. The predicted molar refractivity (Wildman–Crippen MR) is 106 cm³/mol. The Bertz CT molecular complexity index is 900. The Morgan fingerprint density at radius 1 is 0.938 bits per heavy atom. The van der Waals surface area contributed by atoms with Gasteiger partial charge in [0.2, 0.25) is 5.88 Å². The normalized spacial score (nSPS) is 31.1. The molecule has 3 fully saturated rings. The van der Waals surface area contributed by atoms with Gasteiger partial charge in [0.05, 0.1) is 30.6 Å². The molecule has 1 unspecified atom stereocenters. The second-order valence-electron chi connectivity index (χ2n) is 8.90. The first-order valence-electron chi connectivity index (χ1n) is 10.8. The molecular formula is C20H27F4N3O4S. The lowest BCUT2D eigenvalue weighted by Gasteiger charge is -2.50. The second-order valence-corrected chi connectivity index (χ2v) is 10.9. The fourth-order valence-corrected chi connectivity index (χ4v) is 5.08. The second kappa shape index (κ2) is 8.68. The van der Waals surface area contributed by atoms with Gasteiger partial charge in [-0.25, -0.2) is 18.4 Å². The Morgan fingerprint density at radius 2 is 1.53 bits per heavy atom. The smallest absolute Gasteiger partial charge is 0.325 e. The number of hydrogen-bond acceptors (Lipinski definition) is 7. The van der Waals surface area contributed by atoms with Crippen LogP contribution in [0, 0.1) is 0 Å². The molecule has 12 heteroatoms. The fraction of sp³-hybridized carbons (Fsp3) is 0.800. The van der Waals surface area contributed by atoms with Gasteiger partial charge in [-0.05, 0) is 38.5 Å². The summed E-state index contributed by atoms with van der Waals surface area (Å²) in [5.41, 5.74) is 0. The van der Waals surface area contributed by atoms with Crippen LogP contribution in [0.2, 0.25) is 0 Å². The number of nitrogens with zero attached hydrogens (tertiary/aromatic N) is 3. The molecular weight excluding hydrogens is 454 g/mol. The molecule has 0 bridgehead atoms. The fourth-order valence-electron chi connectivity index (χ4n) is 4.59.